The molecule has 0 bridgehead atoms. The summed E-state index contributed by atoms with van der Waals surface area (Å²) in [5, 5.41) is 3.45. The minimum Gasteiger partial charge on any atom is -0.382 e. The molecule has 0 radical (unpaired) electrons. The standard InChI is InChI=1S/C15H18N2O/c1-15-7-6-13(15)17-10(8-15)9-16-12-5-3-2-4-11(12)14(17)18/h2-5,10,13,16H,6-9H2,1H3/t10-,13?,15?/m0/s1. The molecule has 3 aliphatic rings. The zero-order valence-corrected chi connectivity index (χ0v) is 10.6. The minimum atomic E-state index is 0.231. The quantitative estimate of drug-likeness (QED) is 0.758. The van der Waals surface area contributed by atoms with E-state index in [0.29, 0.717) is 17.5 Å². The SMILES string of the molecule is CC12CCC1N1C(=O)c3ccccc3NC[C@@H]1C2. The molecule has 2 heterocycles. The highest BCUT2D eigenvalue weighted by molar-refractivity contribution is 6.01. The van der Waals surface area contributed by atoms with Crippen LogP contribution >= 0.6 is 0 Å². The van der Waals surface area contributed by atoms with Crippen molar-refractivity contribution < 1.29 is 4.79 Å². The van der Waals surface area contributed by atoms with Gasteiger partial charge in [-0.25, -0.2) is 0 Å². The van der Waals surface area contributed by atoms with Crippen molar-refractivity contribution in [2.75, 3.05) is 11.9 Å². The summed E-state index contributed by atoms with van der Waals surface area (Å²) in [7, 11) is 0. The van der Waals surface area contributed by atoms with E-state index in [1.807, 2.05) is 24.3 Å². The predicted octanol–water partition coefficient (Wildman–Crippen LogP) is 2.50. The molecule has 1 saturated heterocycles. The monoisotopic (exact) mass is 242 g/mol. The Morgan fingerprint density at radius 3 is 3.00 bits per heavy atom. The van der Waals surface area contributed by atoms with E-state index < -0.39 is 0 Å². The molecule has 0 aromatic heterocycles. The number of anilines is 1. The Hall–Kier alpha value is -1.51. The minimum absolute atomic E-state index is 0.231. The van der Waals surface area contributed by atoms with Gasteiger partial charge in [-0.2, -0.15) is 0 Å². The maximum atomic E-state index is 12.7. The predicted molar refractivity (Wildman–Crippen MR) is 70.6 cm³/mol. The Bertz CT molecular complexity index is 527. The summed E-state index contributed by atoms with van der Waals surface area (Å²) in [5.74, 6) is 0.231. The molecule has 1 aliphatic carbocycles. The van der Waals surface area contributed by atoms with Crippen LogP contribution in [0.2, 0.25) is 0 Å². The summed E-state index contributed by atoms with van der Waals surface area (Å²) in [4.78, 5) is 14.9. The number of nitrogens with one attached hydrogen (secondary N) is 1. The number of hydrogen-bond donors (Lipinski definition) is 1. The van der Waals surface area contributed by atoms with Crippen molar-refractivity contribution >= 4 is 11.6 Å². The third kappa shape index (κ3) is 1.17. The third-order valence-electron chi connectivity index (χ3n) is 5.14. The average Bonchev–Trinajstić information content (AvgIpc) is 2.48. The first-order valence-electron chi connectivity index (χ1n) is 6.85. The first-order chi connectivity index (χ1) is 8.69. The van der Waals surface area contributed by atoms with Crippen molar-refractivity contribution in [1.29, 1.82) is 0 Å². The molecule has 1 aromatic rings. The van der Waals surface area contributed by atoms with E-state index in [2.05, 4.69) is 17.1 Å². The van der Waals surface area contributed by atoms with Crippen LogP contribution in [0.15, 0.2) is 24.3 Å². The lowest BCUT2D eigenvalue weighted by Crippen LogP contribution is -2.50. The molecular weight excluding hydrogens is 224 g/mol. The van der Waals surface area contributed by atoms with Crippen LogP contribution in [0, 0.1) is 5.41 Å². The molecule has 94 valence electrons. The molecule has 1 N–H and O–H groups in total. The van der Waals surface area contributed by atoms with Gasteiger partial charge in [0.05, 0.1) is 11.6 Å². The summed E-state index contributed by atoms with van der Waals surface area (Å²) in [6.45, 7) is 3.24. The summed E-state index contributed by atoms with van der Waals surface area (Å²) < 4.78 is 0. The highest BCUT2D eigenvalue weighted by Gasteiger charge is 2.56. The van der Waals surface area contributed by atoms with Crippen LogP contribution in [0.5, 0.6) is 0 Å². The van der Waals surface area contributed by atoms with Gasteiger partial charge < -0.3 is 10.2 Å². The molecule has 1 aromatic carbocycles. The number of fused-ring (bicyclic) bond motifs is 4. The number of nitrogens with zero attached hydrogens (tertiary/aromatic N) is 1. The summed E-state index contributed by atoms with van der Waals surface area (Å²) >= 11 is 0. The zero-order chi connectivity index (χ0) is 12.3. The van der Waals surface area contributed by atoms with Crippen LogP contribution in [-0.2, 0) is 0 Å². The molecule has 1 amide bonds. The van der Waals surface area contributed by atoms with Crippen LogP contribution < -0.4 is 5.32 Å². The van der Waals surface area contributed by atoms with Crippen LogP contribution in [0.1, 0.15) is 36.5 Å². The van der Waals surface area contributed by atoms with Gasteiger partial charge in [-0.1, -0.05) is 19.1 Å². The lowest BCUT2D eigenvalue weighted by molar-refractivity contribution is 0.0390. The second-order valence-electron chi connectivity index (χ2n) is 6.21. The van der Waals surface area contributed by atoms with Gasteiger partial charge in [0.1, 0.15) is 0 Å². The number of rotatable bonds is 0. The fourth-order valence-electron chi connectivity index (χ4n) is 4.04. The molecule has 2 aliphatic heterocycles. The average molecular weight is 242 g/mol. The maximum Gasteiger partial charge on any atom is 0.256 e. The van der Waals surface area contributed by atoms with Gasteiger partial charge in [0.15, 0.2) is 0 Å². The molecule has 3 heteroatoms. The number of hydrogen-bond acceptors (Lipinski definition) is 2. The van der Waals surface area contributed by atoms with Crippen LogP contribution in [0.4, 0.5) is 5.69 Å². The largest absolute Gasteiger partial charge is 0.382 e. The Labute approximate surface area is 107 Å². The fourth-order valence-corrected chi connectivity index (χ4v) is 4.04. The van der Waals surface area contributed by atoms with Crippen LogP contribution in [0.25, 0.3) is 0 Å². The van der Waals surface area contributed by atoms with Crippen molar-refractivity contribution in [2.45, 2.75) is 38.3 Å². The van der Waals surface area contributed by atoms with Crippen molar-refractivity contribution in [3.63, 3.8) is 0 Å². The van der Waals surface area contributed by atoms with E-state index in [9.17, 15) is 4.79 Å². The topological polar surface area (TPSA) is 32.3 Å². The maximum absolute atomic E-state index is 12.7. The van der Waals surface area contributed by atoms with E-state index >= 15 is 0 Å². The molecule has 4 rings (SSSR count). The Balaban J connectivity index is 1.78. The van der Waals surface area contributed by atoms with E-state index in [4.69, 9.17) is 0 Å². The first-order valence-corrected chi connectivity index (χ1v) is 6.85. The smallest absolute Gasteiger partial charge is 0.256 e. The van der Waals surface area contributed by atoms with Gasteiger partial charge in [0, 0.05) is 18.3 Å². The molecule has 2 fully saturated rings. The van der Waals surface area contributed by atoms with Gasteiger partial charge in [0.25, 0.3) is 5.91 Å². The molecular formula is C15H18N2O. The van der Waals surface area contributed by atoms with E-state index in [1.165, 1.54) is 12.8 Å². The lowest BCUT2D eigenvalue weighted by atomic mass is 9.66. The van der Waals surface area contributed by atoms with Crippen LogP contribution in [0.3, 0.4) is 0 Å². The molecule has 0 spiro atoms. The van der Waals surface area contributed by atoms with Crippen LogP contribution in [-0.4, -0.2) is 29.4 Å². The van der Waals surface area contributed by atoms with Crippen molar-refractivity contribution in [2.24, 2.45) is 5.41 Å². The third-order valence-corrected chi connectivity index (χ3v) is 5.14. The Morgan fingerprint density at radius 1 is 1.39 bits per heavy atom. The van der Waals surface area contributed by atoms with Crippen molar-refractivity contribution in [3.8, 4) is 0 Å². The molecule has 1 saturated carbocycles. The van der Waals surface area contributed by atoms with E-state index in [1.54, 1.807) is 0 Å². The van der Waals surface area contributed by atoms with Gasteiger partial charge in [-0.3, -0.25) is 4.79 Å². The zero-order valence-electron chi connectivity index (χ0n) is 10.6. The number of carbonyl (C=O) groups is 1. The molecule has 18 heavy (non-hydrogen) atoms. The Kier molecular flexibility index (Phi) is 1.90. The van der Waals surface area contributed by atoms with E-state index in [-0.39, 0.29) is 5.91 Å². The van der Waals surface area contributed by atoms with Gasteiger partial charge >= 0.3 is 0 Å². The number of para-hydroxylation sites is 1. The normalized spacial score (nSPS) is 36.9. The van der Waals surface area contributed by atoms with Gasteiger partial charge in [-0.15, -0.1) is 0 Å². The van der Waals surface area contributed by atoms with Crippen molar-refractivity contribution in [3.05, 3.63) is 29.8 Å². The van der Waals surface area contributed by atoms with Crippen molar-refractivity contribution in [1.82, 2.24) is 4.90 Å². The highest BCUT2D eigenvalue weighted by atomic mass is 16.2. The molecule has 3 atom stereocenters. The first kappa shape index (κ1) is 10.4. The Morgan fingerprint density at radius 2 is 2.22 bits per heavy atom. The number of carbonyl (C=O) groups excluding carboxylic acids is 1. The number of amides is 1. The second-order valence-corrected chi connectivity index (χ2v) is 6.21. The second kappa shape index (κ2) is 3.28. The fraction of sp³-hybridized carbons (Fsp3) is 0.533. The summed E-state index contributed by atoms with van der Waals surface area (Å²) in [6.07, 6.45) is 3.62. The van der Waals surface area contributed by atoms with Gasteiger partial charge in [0.2, 0.25) is 0 Å². The lowest BCUT2D eigenvalue weighted by Gasteiger charge is -2.44. The van der Waals surface area contributed by atoms with Gasteiger partial charge in [-0.05, 0) is 36.8 Å². The van der Waals surface area contributed by atoms with E-state index in [0.717, 1.165) is 24.2 Å². The number of benzene rings is 1. The summed E-state index contributed by atoms with van der Waals surface area (Å²) in [6, 6.07) is 8.75. The highest BCUT2D eigenvalue weighted by Crippen LogP contribution is 2.54. The molecule has 3 nitrogen and oxygen atoms in total. The summed E-state index contributed by atoms with van der Waals surface area (Å²) in [5.41, 5.74) is 2.22. The molecule has 2 unspecified atom stereocenters.